The Balaban J connectivity index is 3.30. The van der Waals surface area contributed by atoms with E-state index in [0.717, 1.165) is 0 Å². The highest BCUT2D eigenvalue weighted by Gasteiger charge is 2.12. The zero-order chi connectivity index (χ0) is 10.0. The number of nitrogens with zero attached hydrogens (tertiary/aromatic N) is 1. The van der Waals surface area contributed by atoms with Gasteiger partial charge in [0.15, 0.2) is 10.9 Å². The van der Waals surface area contributed by atoms with Gasteiger partial charge in [-0.05, 0) is 13.0 Å². The largest absolute Gasteiger partial charge is 0.493 e. The van der Waals surface area contributed by atoms with Gasteiger partial charge in [-0.25, -0.2) is 9.78 Å². The first-order valence-electron chi connectivity index (χ1n) is 3.50. The van der Waals surface area contributed by atoms with Gasteiger partial charge in [0, 0.05) is 0 Å². The van der Waals surface area contributed by atoms with Crippen LogP contribution in [0.15, 0.2) is 6.07 Å². The Morgan fingerprint density at radius 3 is 2.77 bits per heavy atom. The third kappa shape index (κ3) is 1.89. The average Bonchev–Trinajstić information content (AvgIpc) is 2.03. The van der Waals surface area contributed by atoms with Crippen molar-refractivity contribution in [1.82, 2.24) is 4.98 Å². The molecule has 1 N–H and O–H groups in total. The van der Waals surface area contributed by atoms with Crippen LogP contribution in [-0.2, 0) is 0 Å². The van der Waals surface area contributed by atoms with Crippen molar-refractivity contribution in [2.75, 3.05) is 7.11 Å². The Bertz CT molecular complexity index is 351. The lowest BCUT2D eigenvalue weighted by atomic mass is 10.2. The fourth-order valence-electron chi connectivity index (χ4n) is 0.917. The van der Waals surface area contributed by atoms with Crippen LogP contribution in [0.3, 0.4) is 0 Å². The summed E-state index contributed by atoms with van der Waals surface area (Å²) in [5.41, 5.74) is 0.472. The number of carbonyl (C=O) groups is 1. The molecule has 0 atom stereocenters. The van der Waals surface area contributed by atoms with Gasteiger partial charge in [0.25, 0.3) is 0 Å². The maximum atomic E-state index is 10.7. The highest BCUT2D eigenvalue weighted by molar-refractivity contribution is 6.30. The molecule has 5 heteroatoms. The van der Waals surface area contributed by atoms with Crippen LogP contribution >= 0.6 is 11.6 Å². The van der Waals surface area contributed by atoms with E-state index in [2.05, 4.69) is 4.98 Å². The van der Waals surface area contributed by atoms with Crippen molar-refractivity contribution < 1.29 is 14.6 Å². The molecule has 0 aliphatic carbocycles. The van der Waals surface area contributed by atoms with E-state index in [4.69, 9.17) is 21.4 Å². The summed E-state index contributed by atoms with van der Waals surface area (Å²) in [7, 11) is 1.41. The SMILES string of the molecule is COc1cc(C(=O)O)c(C)nc1Cl. The molecular weight excluding hydrogens is 194 g/mol. The molecule has 1 heterocycles. The number of pyridine rings is 1. The minimum absolute atomic E-state index is 0.0984. The molecule has 1 aromatic rings. The number of aromatic carboxylic acids is 1. The summed E-state index contributed by atoms with van der Waals surface area (Å²) >= 11 is 5.68. The number of hydrogen-bond donors (Lipinski definition) is 1. The van der Waals surface area contributed by atoms with E-state index in [1.54, 1.807) is 6.92 Å². The monoisotopic (exact) mass is 201 g/mol. The first-order chi connectivity index (χ1) is 6.06. The molecule has 0 spiro atoms. The smallest absolute Gasteiger partial charge is 0.337 e. The molecule has 0 saturated carbocycles. The van der Waals surface area contributed by atoms with Gasteiger partial charge in [0.1, 0.15) is 0 Å². The average molecular weight is 202 g/mol. The molecule has 0 radical (unpaired) electrons. The molecule has 0 fully saturated rings. The number of halogens is 1. The van der Waals surface area contributed by atoms with Gasteiger partial charge in [0.05, 0.1) is 18.4 Å². The number of ether oxygens (including phenoxy) is 1. The second-order valence-corrected chi connectivity index (χ2v) is 2.78. The third-order valence-corrected chi connectivity index (χ3v) is 1.86. The van der Waals surface area contributed by atoms with Crippen LogP contribution in [0.5, 0.6) is 5.75 Å². The van der Waals surface area contributed by atoms with E-state index in [1.807, 2.05) is 0 Å². The van der Waals surface area contributed by atoms with Crippen LogP contribution in [0.25, 0.3) is 0 Å². The van der Waals surface area contributed by atoms with Crippen LogP contribution in [0.2, 0.25) is 5.15 Å². The second kappa shape index (κ2) is 3.62. The molecule has 0 bridgehead atoms. The fraction of sp³-hybridized carbons (Fsp3) is 0.250. The molecule has 0 aliphatic rings. The van der Waals surface area contributed by atoms with Gasteiger partial charge in [-0.2, -0.15) is 0 Å². The molecule has 0 unspecified atom stereocenters. The molecule has 0 aromatic carbocycles. The van der Waals surface area contributed by atoms with Crippen molar-refractivity contribution in [2.24, 2.45) is 0 Å². The van der Waals surface area contributed by atoms with Gasteiger partial charge in [-0.1, -0.05) is 11.6 Å². The predicted octanol–water partition coefficient (Wildman–Crippen LogP) is 1.75. The Kier molecular flexibility index (Phi) is 2.72. The quantitative estimate of drug-likeness (QED) is 0.741. The standard InChI is InChI=1S/C8H8ClNO3/c1-4-5(8(11)12)3-6(13-2)7(9)10-4/h3H,1-2H3,(H,11,12). The highest BCUT2D eigenvalue weighted by Crippen LogP contribution is 2.24. The van der Waals surface area contributed by atoms with Gasteiger partial charge in [-0.15, -0.1) is 0 Å². The second-order valence-electron chi connectivity index (χ2n) is 2.42. The molecular formula is C8H8ClNO3. The number of carboxylic acid groups (broad SMARTS) is 1. The van der Waals surface area contributed by atoms with E-state index >= 15 is 0 Å². The van der Waals surface area contributed by atoms with Crippen LogP contribution < -0.4 is 4.74 Å². The van der Waals surface area contributed by atoms with Crippen molar-refractivity contribution in [2.45, 2.75) is 6.92 Å². The first kappa shape index (κ1) is 9.80. The van der Waals surface area contributed by atoms with Crippen molar-refractivity contribution in [3.05, 3.63) is 22.5 Å². The zero-order valence-electron chi connectivity index (χ0n) is 7.17. The van der Waals surface area contributed by atoms with E-state index in [0.29, 0.717) is 5.69 Å². The number of rotatable bonds is 2. The summed E-state index contributed by atoms with van der Waals surface area (Å²) in [5, 5.41) is 8.91. The highest BCUT2D eigenvalue weighted by atomic mass is 35.5. The minimum Gasteiger partial charge on any atom is -0.493 e. The predicted molar refractivity (Wildman–Crippen MR) is 47.5 cm³/mol. The fourth-order valence-corrected chi connectivity index (χ4v) is 1.18. The van der Waals surface area contributed by atoms with Crippen molar-refractivity contribution in [3.8, 4) is 5.75 Å². The van der Waals surface area contributed by atoms with Crippen molar-refractivity contribution >= 4 is 17.6 Å². The molecule has 1 aromatic heterocycles. The lowest BCUT2D eigenvalue weighted by Gasteiger charge is -2.05. The van der Waals surface area contributed by atoms with E-state index < -0.39 is 5.97 Å². The third-order valence-electron chi connectivity index (χ3n) is 1.58. The van der Waals surface area contributed by atoms with E-state index in [9.17, 15) is 4.79 Å². The van der Waals surface area contributed by atoms with E-state index in [-0.39, 0.29) is 16.5 Å². The summed E-state index contributed by atoms with van der Waals surface area (Å²) in [5.74, 6) is -0.773. The lowest BCUT2D eigenvalue weighted by molar-refractivity contribution is 0.0695. The summed E-state index contributed by atoms with van der Waals surface area (Å²) in [6, 6.07) is 1.35. The Labute approximate surface area is 80.1 Å². The summed E-state index contributed by atoms with van der Waals surface area (Å²) in [6.07, 6.45) is 0. The van der Waals surface area contributed by atoms with Crippen LogP contribution in [-0.4, -0.2) is 23.2 Å². The maximum Gasteiger partial charge on any atom is 0.337 e. The topological polar surface area (TPSA) is 59.4 Å². The van der Waals surface area contributed by atoms with Gasteiger partial charge in [-0.3, -0.25) is 0 Å². The molecule has 0 aliphatic heterocycles. The summed E-state index contributed by atoms with van der Waals surface area (Å²) in [6.45, 7) is 1.58. The molecule has 70 valence electrons. The van der Waals surface area contributed by atoms with Gasteiger partial charge >= 0.3 is 5.97 Å². The van der Waals surface area contributed by atoms with E-state index in [1.165, 1.54) is 13.2 Å². The first-order valence-corrected chi connectivity index (χ1v) is 3.88. The van der Waals surface area contributed by atoms with Crippen molar-refractivity contribution in [1.29, 1.82) is 0 Å². The Hall–Kier alpha value is -1.29. The van der Waals surface area contributed by atoms with Gasteiger partial charge < -0.3 is 9.84 Å². The zero-order valence-corrected chi connectivity index (χ0v) is 7.92. The van der Waals surface area contributed by atoms with Gasteiger partial charge in [0.2, 0.25) is 0 Å². The number of hydrogen-bond acceptors (Lipinski definition) is 3. The van der Waals surface area contributed by atoms with Crippen LogP contribution in [0.4, 0.5) is 0 Å². The molecule has 0 saturated heterocycles. The maximum absolute atomic E-state index is 10.7. The Morgan fingerprint density at radius 1 is 1.69 bits per heavy atom. The molecule has 1 rings (SSSR count). The van der Waals surface area contributed by atoms with Crippen molar-refractivity contribution in [3.63, 3.8) is 0 Å². The minimum atomic E-state index is -1.04. The number of methoxy groups -OCH3 is 1. The molecule has 4 nitrogen and oxygen atoms in total. The number of carboxylic acids is 1. The number of aromatic nitrogens is 1. The molecule has 13 heavy (non-hydrogen) atoms. The molecule has 0 amide bonds. The number of aryl methyl sites for hydroxylation is 1. The summed E-state index contributed by atoms with van der Waals surface area (Å²) in [4.78, 5) is 14.5. The lowest BCUT2D eigenvalue weighted by Crippen LogP contribution is -2.03. The normalized spacial score (nSPS) is 9.77. The Morgan fingerprint density at radius 2 is 2.31 bits per heavy atom. The summed E-state index contributed by atoms with van der Waals surface area (Å²) < 4.78 is 4.83. The van der Waals surface area contributed by atoms with Crippen LogP contribution in [0.1, 0.15) is 16.1 Å². The van der Waals surface area contributed by atoms with Crippen LogP contribution in [0, 0.1) is 6.92 Å².